The average Bonchev–Trinajstić information content (AvgIpc) is 2.48. The predicted octanol–water partition coefficient (Wildman–Crippen LogP) is 3.52. The highest BCUT2D eigenvalue weighted by Gasteiger charge is 2.24. The second kappa shape index (κ2) is 4.66. The standard InChI is InChI=1S/C11H16BrNOS/c1-11(2,3)10(14)13(4)7-8-5-6-9(12)15-8/h5-6H,7H2,1-4H3. The van der Waals surface area contributed by atoms with Gasteiger partial charge in [-0.2, -0.15) is 0 Å². The summed E-state index contributed by atoms with van der Waals surface area (Å²) in [5, 5.41) is 0. The summed E-state index contributed by atoms with van der Waals surface area (Å²) in [6.45, 7) is 6.51. The van der Waals surface area contributed by atoms with E-state index >= 15 is 0 Å². The average molecular weight is 290 g/mol. The number of carbonyl (C=O) groups excluding carboxylic acids is 1. The van der Waals surface area contributed by atoms with Gasteiger partial charge in [0.25, 0.3) is 0 Å². The Labute approximate surface area is 103 Å². The predicted molar refractivity (Wildman–Crippen MR) is 67.9 cm³/mol. The van der Waals surface area contributed by atoms with Crippen LogP contribution in [0.15, 0.2) is 15.9 Å². The van der Waals surface area contributed by atoms with Crippen molar-refractivity contribution in [1.29, 1.82) is 0 Å². The number of thiophene rings is 1. The maximum absolute atomic E-state index is 11.9. The molecule has 0 aromatic carbocycles. The molecule has 0 atom stereocenters. The van der Waals surface area contributed by atoms with Crippen molar-refractivity contribution in [2.75, 3.05) is 7.05 Å². The fraction of sp³-hybridized carbons (Fsp3) is 0.545. The van der Waals surface area contributed by atoms with Gasteiger partial charge >= 0.3 is 0 Å². The Morgan fingerprint density at radius 1 is 1.47 bits per heavy atom. The van der Waals surface area contributed by atoms with Crippen LogP contribution in [-0.2, 0) is 11.3 Å². The van der Waals surface area contributed by atoms with Gasteiger partial charge in [-0.15, -0.1) is 11.3 Å². The van der Waals surface area contributed by atoms with Gasteiger partial charge in [-0.3, -0.25) is 4.79 Å². The highest BCUT2D eigenvalue weighted by Crippen LogP contribution is 2.24. The minimum absolute atomic E-state index is 0.173. The van der Waals surface area contributed by atoms with Crippen LogP contribution in [0.2, 0.25) is 0 Å². The van der Waals surface area contributed by atoms with Gasteiger partial charge in [-0.05, 0) is 28.1 Å². The van der Waals surface area contributed by atoms with E-state index in [1.807, 2.05) is 40.0 Å². The Bertz CT molecular complexity index is 354. The fourth-order valence-electron chi connectivity index (χ4n) is 1.31. The van der Waals surface area contributed by atoms with Crippen molar-refractivity contribution in [2.24, 2.45) is 5.41 Å². The van der Waals surface area contributed by atoms with Gasteiger partial charge in [0.2, 0.25) is 5.91 Å². The van der Waals surface area contributed by atoms with Crippen molar-refractivity contribution in [3.05, 3.63) is 20.8 Å². The number of carbonyl (C=O) groups is 1. The van der Waals surface area contributed by atoms with E-state index in [9.17, 15) is 4.79 Å². The first-order valence-electron chi connectivity index (χ1n) is 4.80. The zero-order chi connectivity index (χ0) is 11.6. The molecule has 84 valence electrons. The van der Waals surface area contributed by atoms with Crippen LogP contribution >= 0.6 is 27.3 Å². The molecule has 2 nitrogen and oxygen atoms in total. The van der Waals surface area contributed by atoms with E-state index < -0.39 is 0 Å². The van der Waals surface area contributed by atoms with Crippen molar-refractivity contribution in [3.8, 4) is 0 Å². The molecule has 1 aromatic heterocycles. The number of hydrogen-bond donors (Lipinski definition) is 0. The van der Waals surface area contributed by atoms with Gasteiger partial charge < -0.3 is 4.90 Å². The van der Waals surface area contributed by atoms with Gasteiger partial charge in [-0.25, -0.2) is 0 Å². The van der Waals surface area contributed by atoms with E-state index in [0.29, 0.717) is 6.54 Å². The summed E-state index contributed by atoms with van der Waals surface area (Å²) in [5.74, 6) is 0.173. The summed E-state index contributed by atoms with van der Waals surface area (Å²) in [7, 11) is 1.85. The van der Waals surface area contributed by atoms with Gasteiger partial charge in [-0.1, -0.05) is 20.8 Å². The fourth-order valence-corrected chi connectivity index (χ4v) is 2.85. The first-order valence-corrected chi connectivity index (χ1v) is 6.41. The van der Waals surface area contributed by atoms with Crippen molar-refractivity contribution in [3.63, 3.8) is 0 Å². The molecule has 1 amide bonds. The maximum Gasteiger partial charge on any atom is 0.228 e. The van der Waals surface area contributed by atoms with Crippen molar-refractivity contribution in [1.82, 2.24) is 4.90 Å². The molecule has 0 N–H and O–H groups in total. The van der Waals surface area contributed by atoms with Gasteiger partial charge in [0.1, 0.15) is 0 Å². The molecule has 1 aromatic rings. The van der Waals surface area contributed by atoms with Crippen LogP contribution in [0.5, 0.6) is 0 Å². The van der Waals surface area contributed by atoms with E-state index in [0.717, 1.165) is 3.79 Å². The Hall–Kier alpha value is -0.350. The van der Waals surface area contributed by atoms with Gasteiger partial charge in [0.05, 0.1) is 10.3 Å². The van der Waals surface area contributed by atoms with Crippen LogP contribution < -0.4 is 0 Å². The lowest BCUT2D eigenvalue weighted by Gasteiger charge is -2.25. The van der Waals surface area contributed by atoms with E-state index in [-0.39, 0.29) is 11.3 Å². The largest absolute Gasteiger partial charge is 0.340 e. The van der Waals surface area contributed by atoms with Gasteiger partial charge in [0, 0.05) is 17.3 Å². The quantitative estimate of drug-likeness (QED) is 0.816. The van der Waals surface area contributed by atoms with E-state index in [1.165, 1.54) is 4.88 Å². The molecule has 0 spiro atoms. The number of hydrogen-bond acceptors (Lipinski definition) is 2. The zero-order valence-corrected chi connectivity index (χ0v) is 11.9. The molecule has 0 radical (unpaired) electrons. The van der Waals surface area contributed by atoms with Crippen LogP contribution in [-0.4, -0.2) is 17.9 Å². The van der Waals surface area contributed by atoms with Crippen molar-refractivity contribution in [2.45, 2.75) is 27.3 Å². The molecule has 0 aliphatic heterocycles. The third-order valence-corrected chi connectivity index (χ3v) is 3.62. The summed E-state index contributed by atoms with van der Waals surface area (Å²) in [4.78, 5) is 14.9. The smallest absolute Gasteiger partial charge is 0.228 e. The lowest BCUT2D eigenvalue weighted by molar-refractivity contribution is -0.138. The minimum atomic E-state index is -0.302. The van der Waals surface area contributed by atoms with E-state index in [2.05, 4.69) is 15.9 Å². The molecular weight excluding hydrogens is 274 g/mol. The molecule has 0 fully saturated rings. The molecule has 4 heteroatoms. The Morgan fingerprint density at radius 3 is 2.47 bits per heavy atom. The number of amides is 1. The summed E-state index contributed by atoms with van der Waals surface area (Å²) < 4.78 is 1.11. The SMILES string of the molecule is CN(Cc1ccc(Br)s1)C(=O)C(C)(C)C. The summed E-state index contributed by atoms with van der Waals surface area (Å²) in [6.07, 6.45) is 0. The molecule has 1 heterocycles. The van der Waals surface area contributed by atoms with Crippen LogP contribution in [0.25, 0.3) is 0 Å². The first kappa shape index (κ1) is 12.7. The molecule has 0 bridgehead atoms. The Morgan fingerprint density at radius 2 is 2.07 bits per heavy atom. The van der Waals surface area contributed by atoms with Crippen LogP contribution in [0, 0.1) is 5.41 Å². The number of halogens is 1. The third kappa shape index (κ3) is 3.61. The molecule has 0 aliphatic carbocycles. The van der Waals surface area contributed by atoms with Crippen LogP contribution in [0.4, 0.5) is 0 Å². The van der Waals surface area contributed by atoms with Crippen molar-refractivity contribution < 1.29 is 4.79 Å². The molecular formula is C11H16BrNOS. The van der Waals surface area contributed by atoms with E-state index in [1.54, 1.807) is 16.2 Å². The van der Waals surface area contributed by atoms with Crippen LogP contribution in [0.3, 0.4) is 0 Å². The molecule has 0 saturated carbocycles. The van der Waals surface area contributed by atoms with Crippen LogP contribution in [0.1, 0.15) is 25.6 Å². The lowest BCUT2D eigenvalue weighted by atomic mass is 9.95. The highest BCUT2D eigenvalue weighted by atomic mass is 79.9. The van der Waals surface area contributed by atoms with Gasteiger partial charge in [0.15, 0.2) is 0 Å². The second-order valence-electron chi connectivity index (χ2n) is 4.62. The summed E-state index contributed by atoms with van der Waals surface area (Å²) >= 11 is 5.08. The summed E-state index contributed by atoms with van der Waals surface area (Å²) in [5.41, 5.74) is -0.302. The highest BCUT2D eigenvalue weighted by molar-refractivity contribution is 9.11. The lowest BCUT2D eigenvalue weighted by Crippen LogP contribution is -2.35. The molecule has 1 rings (SSSR count). The normalized spacial score (nSPS) is 11.5. The second-order valence-corrected chi connectivity index (χ2v) is 7.16. The Kier molecular flexibility index (Phi) is 3.95. The molecule has 0 aliphatic rings. The van der Waals surface area contributed by atoms with Crippen molar-refractivity contribution >= 4 is 33.2 Å². The topological polar surface area (TPSA) is 20.3 Å². The minimum Gasteiger partial charge on any atom is -0.340 e. The first-order chi connectivity index (χ1) is 6.80. The molecule has 0 saturated heterocycles. The molecule has 0 unspecified atom stereocenters. The number of rotatable bonds is 2. The van der Waals surface area contributed by atoms with E-state index in [4.69, 9.17) is 0 Å². The monoisotopic (exact) mass is 289 g/mol. The summed E-state index contributed by atoms with van der Waals surface area (Å²) in [6, 6.07) is 4.05. The Balaban J connectivity index is 2.64. The molecule has 15 heavy (non-hydrogen) atoms. The third-order valence-electron chi connectivity index (χ3n) is 2.01. The maximum atomic E-state index is 11.9. The zero-order valence-electron chi connectivity index (χ0n) is 9.50. The number of nitrogens with zero attached hydrogens (tertiary/aromatic N) is 1.